The van der Waals surface area contributed by atoms with Gasteiger partial charge in [-0.15, -0.1) is 0 Å². The van der Waals surface area contributed by atoms with E-state index in [0.717, 1.165) is 0 Å². The Kier molecular flexibility index (Phi) is 4.81. The number of carbonyl (C=O) groups is 1. The zero-order chi connectivity index (χ0) is 18.2. The first-order chi connectivity index (χ1) is 11.8. The maximum Gasteiger partial charge on any atom is 0.245 e. The van der Waals surface area contributed by atoms with E-state index in [4.69, 9.17) is 5.73 Å². The van der Waals surface area contributed by atoms with Gasteiger partial charge in [0.2, 0.25) is 15.9 Å². The first-order valence-corrected chi connectivity index (χ1v) is 9.73. The van der Waals surface area contributed by atoms with Crippen molar-refractivity contribution in [3.63, 3.8) is 0 Å². The molecule has 3 N–H and O–H groups in total. The van der Waals surface area contributed by atoms with Crippen molar-refractivity contribution < 1.29 is 13.2 Å². The average Bonchev–Trinajstić information content (AvgIpc) is 3.05. The predicted octanol–water partition coefficient (Wildman–Crippen LogP) is 0.379. The van der Waals surface area contributed by atoms with Crippen LogP contribution in [0.3, 0.4) is 0 Å². The number of rotatable bonds is 4. The van der Waals surface area contributed by atoms with Crippen molar-refractivity contribution in [1.29, 1.82) is 0 Å². The number of pyridine rings is 1. The van der Waals surface area contributed by atoms with Crippen LogP contribution in [0.15, 0.2) is 29.4 Å². The fraction of sp³-hybridized carbons (Fsp3) is 0.500. The van der Waals surface area contributed by atoms with Gasteiger partial charge in [-0.3, -0.25) is 4.79 Å². The van der Waals surface area contributed by atoms with Crippen LogP contribution in [0.25, 0.3) is 11.0 Å². The second-order valence-electron chi connectivity index (χ2n) is 6.55. The third-order valence-corrected chi connectivity index (χ3v) is 6.52. The minimum absolute atomic E-state index is 0.0491. The van der Waals surface area contributed by atoms with Crippen LogP contribution in [0.2, 0.25) is 0 Å². The molecule has 0 aliphatic carbocycles. The molecule has 0 bridgehead atoms. The molecule has 1 aliphatic heterocycles. The Morgan fingerprint density at radius 3 is 2.60 bits per heavy atom. The molecule has 0 aromatic carbocycles. The van der Waals surface area contributed by atoms with Crippen LogP contribution in [0.1, 0.15) is 13.8 Å². The highest BCUT2D eigenvalue weighted by Gasteiger charge is 2.33. The average molecular weight is 365 g/mol. The lowest BCUT2D eigenvalue weighted by atomic mass is 10.0. The first kappa shape index (κ1) is 17.8. The maximum atomic E-state index is 12.9. The van der Waals surface area contributed by atoms with Gasteiger partial charge in [0.15, 0.2) is 0 Å². The van der Waals surface area contributed by atoms with E-state index >= 15 is 0 Å². The fourth-order valence-electron chi connectivity index (χ4n) is 2.93. The Balaban J connectivity index is 1.75. The second-order valence-corrected chi connectivity index (χ2v) is 8.46. The van der Waals surface area contributed by atoms with Crippen LogP contribution in [-0.2, 0) is 14.8 Å². The van der Waals surface area contributed by atoms with Crippen LogP contribution in [0.5, 0.6) is 0 Å². The van der Waals surface area contributed by atoms with Crippen molar-refractivity contribution in [2.24, 2.45) is 11.7 Å². The third kappa shape index (κ3) is 3.26. The van der Waals surface area contributed by atoms with Crippen molar-refractivity contribution in [2.75, 3.05) is 26.2 Å². The second kappa shape index (κ2) is 6.74. The number of sulfonamides is 1. The van der Waals surface area contributed by atoms with Crippen LogP contribution in [-0.4, -0.2) is 65.7 Å². The Labute approximate surface area is 147 Å². The molecule has 136 valence electrons. The standard InChI is InChI=1S/C16H23N5O3S/c1-11(2)14(17)16(22)20-6-8-21(9-7-20)25(23,24)13-10-19-15-12(13)4-3-5-18-15/h3-5,10-11,14H,6-9,17H2,1-2H3,(H,18,19)/t14-/m0/s1. The fourth-order valence-corrected chi connectivity index (χ4v) is 4.50. The molecule has 1 saturated heterocycles. The predicted molar refractivity (Wildman–Crippen MR) is 94.2 cm³/mol. The van der Waals surface area contributed by atoms with Gasteiger partial charge in [0, 0.05) is 44.0 Å². The summed E-state index contributed by atoms with van der Waals surface area (Å²) < 4.78 is 27.3. The number of piperazine rings is 1. The van der Waals surface area contributed by atoms with E-state index in [-0.39, 0.29) is 29.8 Å². The number of fused-ring (bicyclic) bond motifs is 1. The van der Waals surface area contributed by atoms with Gasteiger partial charge in [-0.2, -0.15) is 4.31 Å². The molecule has 1 amide bonds. The quantitative estimate of drug-likeness (QED) is 0.813. The van der Waals surface area contributed by atoms with Crippen LogP contribution >= 0.6 is 0 Å². The molecule has 25 heavy (non-hydrogen) atoms. The number of amides is 1. The van der Waals surface area contributed by atoms with E-state index in [1.165, 1.54) is 10.5 Å². The zero-order valence-corrected chi connectivity index (χ0v) is 15.2. The van der Waals surface area contributed by atoms with Gasteiger partial charge in [-0.05, 0) is 18.1 Å². The van der Waals surface area contributed by atoms with Crippen molar-refractivity contribution in [1.82, 2.24) is 19.2 Å². The number of H-pyrrole nitrogens is 1. The molecule has 3 rings (SSSR count). The number of hydrogen-bond acceptors (Lipinski definition) is 5. The molecule has 9 heteroatoms. The molecule has 1 atom stereocenters. The summed E-state index contributed by atoms with van der Waals surface area (Å²) in [5, 5.41) is 0.572. The molecule has 3 heterocycles. The number of aromatic nitrogens is 2. The van der Waals surface area contributed by atoms with E-state index in [1.54, 1.807) is 23.2 Å². The van der Waals surface area contributed by atoms with E-state index < -0.39 is 16.1 Å². The molecule has 0 spiro atoms. The smallest absolute Gasteiger partial charge is 0.245 e. The summed E-state index contributed by atoms with van der Waals surface area (Å²) in [5.74, 6) is -0.0728. The van der Waals surface area contributed by atoms with Crippen molar-refractivity contribution in [3.8, 4) is 0 Å². The molecule has 0 radical (unpaired) electrons. The highest BCUT2D eigenvalue weighted by atomic mass is 32.2. The van der Waals surface area contributed by atoms with E-state index in [9.17, 15) is 13.2 Å². The molecule has 1 aliphatic rings. The van der Waals surface area contributed by atoms with Crippen LogP contribution in [0, 0.1) is 5.92 Å². The summed E-state index contributed by atoms with van der Waals surface area (Å²) in [6.07, 6.45) is 3.08. The Morgan fingerprint density at radius 1 is 1.28 bits per heavy atom. The molecule has 2 aromatic rings. The number of nitrogens with zero attached hydrogens (tertiary/aromatic N) is 3. The van der Waals surface area contributed by atoms with Crippen molar-refractivity contribution >= 4 is 27.0 Å². The van der Waals surface area contributed by atoms with E-state index in [1.807, 2.05) is 13.8 Å². The lowest BCUT2D eigenvalue weighted by Crippen LogP contribution is -2.55. The molecular weight excluding hydrogens is 342 g/mol. The number of carbonyl (C=O) groups excluding carboxylic acids is 1. The summed E-state index contributed by atoms with van der Waals surface area (Å²) in [4.78, 5) is 21.2. The van der Waals surface area contributed by atoms with E-state index in [2.05, 4.69) is 9.97 Å². The summed E-state index contributed by atoms with van der Waals surface area (Å²) in [7, 11) is -3.64. The van der Waals surface area contributed by atoms with Gasteiger partial charge >= 0.3 is 0 Å². The Hall–Kier alpha value is -1.97. The Morgan fingerprint density at radius 2 is 1.96 bits per heavy atom. The molecular formula is C16H23N5O3S. The number of hydrogen-bond donors (Lipinski definition) is 2. The van der Waals surface area contributed by atoms with E-state index in [0.29, 0.717) is 24.1 Å². The maximum absolute atomic E-state index is 12.9. The Bertz CT molecular complexity index is 869. The SMILES string of the molecule is CC(C)[C@H](N)C(=O)N1CCN(S(=O)(=O)c2c[nH]c3ncccc23)CC1. The first-order valence-electron chi connectivity index (χ1n) is 8.29. The summed E-state index contributed by atoms with van der Waals surface area (Å²) in [6, 6.07) is 2.88. The molecule has 2 aromatic heterocycles. The third-order valence-electron chi connectivity index (χ3n) is 4.58. The number of nitrogens with one attached hydrogen (secondary N) is 1. The molecule has 0 unspecified atom stereocenters. The van der Waals surface area contributed by atoms with Gasteiger partial charge in [0.25, 0.3) is 0 Å². The summed E-state index contributed by atoms with van der Waals surface area (Å²) >= 11 is 0. The highest BCUT2D eigenvalue weighted by molar-refractivity contribution is 7.89. The van der Waals surface area contributed by atoms with Gasteiger partial charge in [0.05, 0.1) is 6.04 Å². The molecule has 8 nitrogen and oxygen atoms in total. The molecule has 1 fully saturated rings. The lowest BCUT2D eigenvalue weighted by Gasteiger charge is -2.35. The topological polar surface area (TPSA) is 112 Å². The van der Waals surface area contributed by atoms with Gasteiger partial charge in [-0.25, -0.2) is 13.4 Å². The van der Waals surface area contributed by atoms with Crippen LogP contribution < -0.4 is 5.73 Å². The minimum Gasteiger partial charge on any atom is -0.345 e. The zero-order valence-electron chi connectivity index (χ0n) is 14.3. The van der Waals surface area contributed by atoms with Crippen molar-refractivity contribution in [2.45, 2.75) is 24.8 Å². The number of nitrogens with two attached hydrogens (primary N) is 1. The van der Waals surface area contributed by atoms with Gasteiger partial charge < -0.3 is 15.6 Å². The van der Waals surface area contributed by atoms with Crippen LogP contribution in [0.4, 0.5) is 0 Å². The summed E-state index contributed by atoms with van der Waals surface area (Å²) in [5.41, 5.74) is 6.46. The summed E-state index contributed by atoms with van der Waals surface area (Å²) in [6.45, 7) is 5.00. The minimum atomic E-state index is -3.64. The largest absolute Gasteiger partial charge is 0.345 e. The molecule has 0 saturated carbocycles. The number of aromatic amines is 1. The van der Waals surface area contributed by atoms with Gasteiger partial charge in [-0.1, -0.05) is 13.8 Å². The normalized spacial score (nSPS) is 18.0. The monoisotopic (exact) mass is 365 g/mol. The van der Waals surface area contributed by atoms with Gasteiger partial charge in [0.1, 0.15) is 10.5 Å². The van der Waals surface area contributed by atoms with Crippen molar-refractivity contribution in [3.05, 3.63) is 24.5 Å². The highest BCUT2D eigenvalue weighted by Crippen LogP contribution is 2.25. The lowest BCUT2D eigenvalue weighted by molar-refractivity contribution is -0.134.